The van der Waals surface area contributed by atoms with Crippen molar-refractivity contribution in [1.29, 1.82) is 0 Å². The number of esters is 1. The number of ether oxygens (including phenoxy) is 1. The fourth-order valence-corrected chi connectivity index (χ4v) is 3.82. The second kappa shape index (κ2) is 10.3. The van der Waals surface area contributed by atoms with Gasteiger partial charge in [0.15, 0.2) is 5.16 Å². The van der Waals surface area contributed by atoms with Crippen molar-refractivity contribution in [2.75, 3.05) is 18.2 Å². The molecule has 0 fully saturated rings. The van der Waals surface area contributed by atoms with Gasteiger partial charge in [-0.2, -0.15) is 0 Å². The van der Waals surface area contributed by atoms with E-state index in [-0.39, 0.29) is 11.7 Å². The first kappa shape index (κ1) is 21.9. The van der Waals surface area contributed by atoms with E-state index in [2.05, 4.69) is 15.5 Å². The molecule has 0 saturated carbocycles. The van der Waals surface area contributed by atoms with Crippen molar-refractivity contribution in [3.63, 3.8) is 0 Å². The molecule has 0 bridgehead atoms. The van der Waals surface area contributed by atoms with E-state index in [9.17, 15) is 9.59 Å². The average Bonchev–Trinajstić information content (AvgIpc) is 3.15. The van der Waals surface area contributed by atoms with Crippen molar-refractivity contribution in [1.82, 2.24) is 14.8 Å². The fraction of sp³-hybridized carbons (Fsp3) is 0.238. The molecule has 2 aromatic carbocycles. The number of nitrogens with one attached hydrogen (secondary N) is 1. The Labute approximate surface area is 183 Å². The number of methoxy groups -OCH3 is 1. The molecule has 0 saturated heterocycles. The van der Waals surface area contributed by atoms with Gasteiger partial charge in [-0.15, -0.1) is 10.2 Å². The largest absolute Gasteiger partial charge is 0.465 e. The Bertz CT molecular complexity index is 1040. The van der Waals surface area contributed by atoms with Gasteiger partial charge < -0.3 is 14.6 Å². The quantitative estimate of drug-likeness (QED) is 0.416. The molecule has 30 heavy (non-hydrogen) atoms. The number of hydrogen-bond acceptors (Lipinski definition) is 6. The first-order valence-electron chi connectivity index (χ1n) is 9.28. The van der Waals surface area contributed by atoms with Crippen molar-refractivity contribution < 1.29 is 14.3 Å². The minimum Gasteiger partial charge on any atom is -0.465 e. The molecule has 0 aliphatic carbocycles. The first-order valence-corrected chi connectivity index (χ1v) is 10.6. The molecule has 156 valence electrons. The van der Waals surface area contributed by atoms with Crippen LogP contribution in [0.1, 0.15) is 28.7 Å². The van der Waals surface area contributed by atoms with Gasteiger partial charge >= 0.3 is 5.97 Å². The topological polar surface area (TPSA) is 86.1 Å². The number of halogens is 1. The minimum atomic E-state index is -0.501. The summed E-state index contributed by atoms with van der Waals surface area (Å²) in [6.07, 6.45) is 0.671. The Kier molecular flexibility index (Phi) is 7.48. The Morgan fingerprint density at radius 3 is 2.63 bits per heavy atom. The van der Waals surface area contributed by atoms with E-state index in [4.69, 9.17) is 16.3 Å². The van der Waals surface area contributed by atoms with Gasteiger partial charge in [0.25, 0.3) is 0 Å². The maximum absolute atomic E-state index is 12.4. The molecule has 7 nitrogen and oxygen atoms in total. The summed E-state index contributed by atoms with van der Waals surface area (Å²) in [6.45, 7) is 2.71. The summed E-state index contributed by atoms with van der Waals surface area (Å²) >= 11 is 7.43. The zero-order chi connectivity index (χ0) is 21.5. The Balaban J connectivity index is 1.64. The monoisotopic (exact) mass is 444 g/mol. The number of carbonyl (C=O) groups is 2. The van der Waals surface area contributed by atoms with Crippen molar-refractivity contribution >= 4 is 40.9 Å². The molecule has 3 aromatic rings. The van der Waals surface area contributed by atoms with Gasteiger partial charge in [-0.1, -0.05) is 53.7 Å². The number of nitrogens with zero attached hydrogens (tertiary/aromatic N) is 3. The first-order chi connectivity index (χ1) is 14.5. The lowest BCUT2D eigenvalue weighted by atomic mass is 10.1. The lowest BCUT2D eigenvalue weighted by molar-refractivity contribution is -0.113. The van der Waals surface area contributed by atoms with Crippen LogP contribution in [0.25, 0.3) is 0 Å². The zero-order valence-electron chi connectivity index (χ0n) is 16.6. The number of amides is 1. The van der Waals surface area contributed by atoms with Gasteiger partial charge in [-0.25, -0.2) is 4.79 Å². The third-order valence-corrected chi connectivity index (χ3v) is 5.61. The standard InChI is InChI=1S/C21H21ClN4O3S/c1-3-26-18(11-14-7-5-4-6-8-14)24-25-21(26)30-13-19(27)23-17-12-15(20(28)29-2)9-10-16(17)22/h4-10,12H,3,11,13H2,1-2H3,(H,23,27). The summed E-state index contributed by atoms with van der Waals surface area (Å²) < 4.78 is 6.69. The fourth-order valence-electron chi connectivity index (χ4n) is 2.83. The highest BCUT2D eigenvalue weighted by Gasteiger charge is 2.15. The van der Waals surface area contributed by atoms with Gasteiger partial charge in [0.05, 0.1) is 29.1 Å². The van der Waals surface area contributed by atoms with E-state index in [0.29, 0.717) is 34.4 Å². The number of aromatic nitrogens is 3. The summed E-state index contributed by atoms with van der Waals surface area (Å²) in [4.78, 5) is 24.1. The number of thioether (sulfide) groups is 1. The second-order valence-electron chi connectivity index (χ2n) is 6.33. The van der Waals surface area contributed by atoms with Crippen molar-refractivity contribution in [3.05, 3.63) is 70.5 Å². The summed E-state index contributed by atoms with van der Waals surface area (Å²) in [6, 6.07) is 14.6. The molecule has 0 atom stereocenters. The van der Waals surface area contributed by atoms with E-state index >= 15 is 0 Å². The second-order valence-corrected chi connectivity index (χ2v) is 7.68. The Hall–Kier alpha value is -2.84. The molecule has 0 aliphatic heterocycles. The molecular weight excluding hydrogens is 424 g/mol. The van der Waals surface area contributed by atoms with Crippen LogP contribution in [0.5, 0.6) is 0 Å². The normalized spacial score (nSPS) is 10.6. The molecule has 9 heteroatoms. The van der Waals surface area contributed by atoms with Crippen LogP contribution in [0.4, 0.5) is 5.69 Å². The van der Waals surface area contributed by atoms with Gasteiger partial charge in [-0.3, -0.25) is 4.79 Å². The molecule has 1 amide bonds. The number of rotatable bonds is 8. The molecule has 0 radical (unpaired) electrons. The molecule has 1 N–H and O–H groups in total. The highest BCUT2D eigenvalue weighted by Crippen LogP contribution is 2.25. The zero-order valence-corrected chi connectivity index (χ0v) is 18.2. The summed E-state index contributed by atoms with van der Waals surface area (Å²) in [5.74, 6) is 0.209. The summed E-state index contributed by atoms with van der Waals surface area (Å²) in [5, 5.41) is 12.3. The molecule has 0 aliphatic rings. The number of hydrogen-bond donors (Lipinski definition) is 1. The Morgan fingerprint density at radius 2 is 1.93 bits per heavy atom. The van der Waals surface area contributed by atoms with Crippen molar-refractivity contribution in [2.24, 2.45) is 0 Å². The van der Waals surface area contributed by atoms with Crippen molar-refractivity contribution in [2.45, 2.75) is 25.0 Å². The smallest absolute Gasteiger partial charge is 0.337 e. The van der Waals surface area contributed by atoms with Crippen LogP contribution in [-0.2, 0) is 22.5 Å². The van der Waals surface area contributed by atoms with E-state index in [1.54, 1.807) is 6.07 Å². The molecule has 1 heterocycles. The van der Waals surface area contributed by atoms with Gasteiger partial charge in [0, 0.05) is 13.0 Å². The van der Waals surface area contributed by atoms with Gasteiger partial charge in [0.1, 0.15) is 5.82 Å². The molecule has 3 rings (SSSR count). The van der Waals surface area contributed by atoms with E-state index in [1.165, 1.54) is 31.0 Å². The molecular formula is C21H21ClN4O3S. The molecule has 0 unspecified atom stereocenters. The number of benzene rings is 2. The molecule has 0 spiro atoms. The van der Waals surface area contributed by atoms with E-state index in [0.717, 1.165) is 11.4 Å². The van der Waals surface area contributed by atoms with Crippen LogP contribution in [-0.4, -0.2) is 39.5 Å². The van der Waals surface area contributed by atoms with E-state index < -0.39 is 5.97 Å². The highest BCUT2D eigenvalue weighted by molar-refractivity contribution is 7.99. The Morgan fingerprint density at radius 1 is 1.17 bits per heavy atom. The maximum atomic E-state index is 12.4. The third kappa shape index (κ3) is 5.40. The van der Waals surface area contributed by atoms with Gasteiger partial charge in [0.2, 0.25) is 5.91 Å². The summed E-state index contributed by atoms with van der Waals surface area (Å²) in [5.41, 5.74) is 1.81. The van der Waals surface area contributed by atoms with Crippen molar-refractivity contribution in [3.8, 4) is 0 Å². The summed E-state index contributed by atoms with van der Waals surface area (Å²) in [7, 11) is 1.29. The minimum absolute atomic E-state index is 0.127. The van der Waals surface area contributed by atoms with Crippen LogP contribution >= 0.6 is 23.4 Å². The number of carbonyl (C=O) groups excluding carboxylic acids is 2. The third-order valence-electron chi connectivity index (χ3n) is 4.31. The average molecular weight is 445 g/mol. The lowest BCUT2D eigenvalue weighted by Crippen LogP contribution is -2.15. The SMILES string of the molecule is CCn1c(Cc2ccccc2)nnc1SCC(=O)Nc1cc(C(=O)OC)ccc1Cl. The predicted molar refractivity (Wildman–Crippen MR) is 117 cm³/mol. The van der Waals surface area contributed by atoms with Crippen LogP contribution in [0.15, 0.2) is 53.7 Å². The maximum Gasteiger partial charge on any atom is 0.337 e. The molecule has 1 aromatic heterocycles. The van der Waals surface area contributed by atoms with Gasteiger partial charge in [-0.05, 0) is 30.7 Å². The predicted octanol–water partition coefficient (Wildman–Crippen LogP) is 4.06. The number of anilines is 1. The van der Waals surface area contributed by atoms with Crippen LogP contribution in [0.2, 0.25) is 5.02 Å². The highest BCUT2D eigenvalue weighted by atomic mass is 35.5. The van der Waals surface area contributed by atoms with Crippen LogP contribution in [0.3, 0.4) is 0 Å². The van der Waals surface area contributed by atoms with Crippen LogP contribution < -0.4 is 5.32 Å². The van der Waals surface area contributed by atoms with E-state index in [1.807, 2.05) is 41.8 Å². The van der Waals surface area contributed by atoms with Crippen LogP contribution in [0, 0.1) is 0 Å². The lowest BCUT2D eigenvalue weighted by Gasteiger charge is -2.10.